The zero-order valence-corrected chi connectivity index (χ0v) is 18.7. The third-order valence-electron chi connectivity index (χ3n) is 4.97. The van der Waals surface area contributed by atoms with Crippen molar-refractivity contribution in [2.24, 2.45) is 4.99 Å². The fraction of sp³-hybridized carbons (Fsp3) is 0.522. The third-order valence-corrected chi connectivity index (χ3v) is 4.97. The van der Waals surface area contributed by atoms with Crippen LogP contribution in [0.15, 0.2) is 39.7 Å². The molecule has 0 radical (unpaired) electrons. The molecule has 29 heavy (non-hydrogen) atoms. The second-order valence-electron chi connectivity index (χ2n) is 7.80. The van der Waals surface area contributed by atoms with Gasteiger partial charge in [-0.1, -0.05) is 31.2 Å². The molecule has 6 heteroatoms. The fourth-order valence-electron chi connectivity index (χ4n) is 3.28. The zero-order chi connectivity index (χ0) is 21.4. The van der Waals surface area contributed by atoms with Crippen LogP contribution >= 0.6 is 0 Å². The summed E-state index contributed by atoms with van der Waals surface area (Å²) < 4.78 is 5.57. The SMILES string of the molecule is CCNC(=NCc1cccc(CN(C)CC)c1)NCC(C)(O)c1cc(C)oc1C. The van der Waals surface area contributed by atoms with E-state index in [0.717, 1.165) is 42.3 Å². The maximum atomic E-state index is 10.9. The molecule has 1 unspecified atom stereocenters. The van der Waals surface area contributed by atoms with Gasteiger partial charge >= 0.3 is 0 Å². The molecule has 0 bridgehead atoms. The van der Waals surface area contributed by atoms with E-state index in [0.29, 0.717) is 19.0 Å². The van der Waals surface area contributed by atoms with E-state index in [1.807, 2.05) is 26.8 Å². The number of hydrogen-bond acceptors (Lipinski definition) is 4. The van der Waals surface area contributed by atoms with Crippen LogP contribution in [0.5, 0.6) is 0 Å². The Morgan fingerprint density at radius 3 is 2.52 bits per heavy atom. The standard InChI is InChI=1S/C23H36N4O2/c1-7-24-22(26-16-23(5,28)21-12-17(3)29-18(21)4)25-14-19-10-9-11-20(13-19)15-27(6)8-2/h9-13,28H,7-8,14-16H2,1-6H3,(H2,24,25,26). The Labute approximate surface area is 175 Å². The van der Waals surface area contributed by atoms with Crippen LogP contribution in [0.4, 0.5) is 0 Å². The monoisotopic (exact) mass is 400 g/mol. The first kappa shape index (κ1) is 23.0. The van der Waals surface area contributed by atoms with Crippen LogP contribution < -0.4 is 10.6 Å². The summed E-state index contributed by atoms with van der Waals surface area (Å²) in [4.78, 5) is 6.97. The van der Waals surface area contributed by atoms with Crippen LogP contribution in [0, 0.1) is 13.8 Å². The van der Waals surface area contributed by atoms with Crippen LogP contribution in [0.1, 0.15) is 49.0 Å². The number of aliphatic imine (C=N–C) groups is 1. The van der Waals surface area contributed by atoms with E-state index in [1.54, 1.807) is 6.92 Å². The highest BCUT2D eigenvalue weighted by atomic mass is 16.3. The highest BCUT2D eigenvalue weighted by molar-refractivity contribution is 5.79. The maximum absolute atomic E-state index is 10.9. The number of aliphatic hydroxyl groups is 1. The van der Waals surface area contributed by atoms with E-state index >= 15 is 0 Å². The minimum Gasteiger partial charge on any atom is -0.466 e. The lowest BCUT2D eigenvalue weighted by atomic mass is 9.96. The molecule has 0 aliphatic carbocycles. The molecule has 1 atom stereocenters. The number of furan rings is 1. The molecule has 0 saturated carbocycles. The van der Waals surface area contributed by atoms with E-state index in [2.05, 4.69) is 53.8 Å². The van der Waals surface area contributed by atoms with Gasteiger partial charge in [0.05, 0.1) is 13.1 Å². The first-order valence-electron chi connectivity index (χ1n) is 10.3. The molecule has 2 rings (SSSR count). The lowest BCUT2D eigenvalue weighted by Crippen LogP contribution is -2.44. The van der Waals surface area contributed by atoms with Crippen LogP contribution in [-0.4, -0.2) is 42.6 Å². The van der Waals surface area contributed by atoms with Gasteiger partial charge < -0.3 is 25.1 Å². The molecular weight excluding hydrogens is 364 g/mol. The molecule has 6 nitrogen and oxygen atoms in total. The Kier molecular flexibility index (Phi) is 8.29. The van der Waals surface area contributed by atoms with Gasteiger partial charge in [-0.15, -0.1) is 0 Å². The Bertz CT molecular complexity index is 811. The lowest BCUT2D eigenvalue weighted by Gasteiger charge is -2.24. The Balaban J connectivity index is 2.04. The second kappa shape index (κ2) is 10.5. The van der Waals surface area contributed by atoms with Crippen LogP contribution in [-0.2, 0) is 18.7 Å². The van der Waals surface area contributed by atoms with Crippen molar-refractivity contribution >= 4 is 5.96 Å². The fourth-order valence-corrected chi connectivity index (χ4v) is 3.28. The number of rotatable bonds is 9. The Hall–Kier alpha value is -2.31. The van der Waals surface area contributed by atoms with Gasteiger partial charge in [-0.3, -0.25) is 0 Å². The number of hydrogen-bond donors (Lipinski definition) is 3. The highest BCUT2D eigenvalue weighted by Crippen LogP contribution is 2.26. The van der Waals surface area contributed by atoms with Gasteiger partial charge in [0, 0.05) is 18.7 Å². The number of aryl methyl sites for hydroxylation is 2. The number of nitrogens with zero attached hydrogens (tertiary/aromatic N) is 2. The highest BCUT2D eigenvalue weighted by Gasteiger charge is 2.27. The summed E-state index contributed by atoms with van der Waals surface area (Å²) in [6, 6.07) is 10.4. The average molecular weight is 401 g/mol. The third kappa shape index (κ3) is 6.91. The molecule has 0 saturated heterocycles. The number of guanidine groups is 1. The largest absolute Gasteiger partial charge is 0.466 e. The predicted octanol–water partition coefficient (Wildman–Crippen LogP) is 3.31. The van der Waals surface area contributed by atoms with Crippen molar-refractivity contribution in [3.8, 4) is 0 Å². The van der Waals surface area contributed by atoms with Gasteiger partial charge in [-0.05, 0) is 58.5 Å². The lowest BCUT2D eigenvalue weighted by molar-refractivity contribution is 0.0601. The predicted molar refractivity (Wildman–Crippen MR) is 119 cm³/mol. The molecule has 1 heterocycles. The minimum absolute atomic E-state index is 0.333. The van der Waals surface area contributed by atoms with Crippen molar-refractivity contribution in [2.45, 2.75) is 53.3 Å². The summed E-state index contributed by atoms with van der Waals surface area (Å²) in [6.45, 7) is 13.3. The Morgan fingerprint density at radius 2 is 1.90 bits per heavy atom. The van der Waals surface area contributed by atoms with Crippen LogP contribution in [0.2, 0.25) is 0 Å². The number of benzene rings is 1. The van der Waals surface area contributed by atoms with Gasteiger partial charge in [0.15, 0.2) is 5.96 Å². The van der Waals surface area contributed by atoms with Crippen molar-refractivity contribution in [2.75, 3.05) is 26.7 Å². The van der Waals surface area contributed by atoms with Gasteiger partial charge in [0.1, 0.15) is 17.1 Å². The first-order valence-corrected chi connectivity index (χ1v) is 10.3. The summed E-state index contributed by atoms with van der Waals surface area (Å²) in [7, 11) is 2.12. The summed E-state index contributed by atoms with van der Waals surface area (Å²) >= 11 is 0. The van der Waals surface area contributed by atoms with Crippen molar-refractivity contribution in [3.05, 3.63) is 58.5 Å². The molecule has 2 aromatic rings. The smallest absolute Gasteiger partial charge is 0.191 e. The maximum Gasteiger partial charge on any atom is 0.191 e. The van der Waals surface area contributed by atoms with Gasteiger partial charge in [0.2, 0.25) is 0 Å². The van der Waals surface area contributed by atoms with E-state index in [4.69, 9.17) is 9.41 Å². The van der Waals surface area contributed by atoms with Gasteiger partial charge in [-0.2, -0.15) is 0 Å². The summed E-state index contributed by atoms with van der Waals surface area (Å²) in [5, 5.41) is 17.4. The average Bonchev–Trinajstić information content (AvgIpc) is 3.03. The van der Waals surface area contributed by atoms with Crippen LogP contribution in [0.3, 0.4) is 0 Å². The molecule has 0 amide bonds. The summed E-state index contributed by atoms with van der Waals surface area (Å²) in [5.74, 6) is 2.22. The number of nitrogens with one attached hydrogen (secondary N) is 2. The van der Waals surface area contributed by atoms with Crippen molar-refractivity contribution in [1.82, 2.24) is 15.5 Å². The van der Waals surface area contributed by atoms with Crippen molar-refractivity contribution in [3.63, 3.8) is 0 Å². The normalized spacial score (nSPS) is 14.1. The molecule has 0 aliphatic heterocycles. The molecule has 160 valence electrons. The molecule has 3 N–H and O–H groups in total. The second-order valence-corrected chi connectivity index (χ2v) is 7.80. The van der Waals surface area contributed by atoms with E-state index in [-0.39, 0.29) is 0 Å². The van der Waals surface area contributed by atoms with E-state index in [1.165, 1.54) is 5.56 Å². The van der Waals surface area contributed by atoms with Gasteiger partial charge in [-0.25, -0.2) is 4.99 Å². The minimum atomic E-state index is -1.05. The molecule has 0 aliphatic rings. The zero-order valence-electron chi connectivity index (χ0n) is 18.7. The molecule has 1 aromatic carbocycles. The van der Waals surface area contributed by atoms with E-state index in [9.17, 15) is 5.11 Å². The topological polar surface area (TPSA) is 73.0 Å². The molecule has 0 fully saturated rings. The first-order chi connectivity index (χ1) is 13.7. The van der Waals surface area contributed by atoms with Gasteiger partial charge in [0.25, 0.3) is 0 Å². The molecule has 1 aromatic heterocycles. The summed E-state index contributed by atoms with van der Waals surface area (Å²) in [6.07, 6.45) is 0. The van der Waals surface area contributed by atoms with E-state index < -0.39 is 5.60 Å². The summed E-state index contributed by atoms with van der Waals surface area (Å²) in [5.41, 5.74) is 2.19. The van der Waals surface area contributed by atoms with Crippen LogP contribution in [0.25, 0.3) is 0 Å². The van der Waals surface area contributed by atoms with Crippen molar-refractivity contribution < 1.29 is 9.52 Å². The molecule has 0 spiro atoms. The Morgan fingerprint density at radius 1 is 1.17 bits per heavy atom. The molecular formula is C23H36N4O2. The quantitative estimate of drug-likeness (QED) is 0.445. The van der Waals surface area contributed by atoms with Crippen molar-refractivity contribution in [1.29, 1.82) is 0 Å².